The van der Waals surface area contributed by atoms with E-state index in [9.17, 15) is 9.90 Å². The van der Waals surface area contributed by atoms with Crippen molar-refractivity contribution in [2.24, 2.45) is 5.92 Å². The molecule has 0 radical (unpaired) electrons. The summed E-state index contributed by atoms with van der Waals surface area (Å²) in [5.41, 5.74) is 2.69. The van der Waals surface area contributed by atoms with E-state index in [2.05, 4.69) is 36.9 Å². The van der Waals surface area contributed by atoms with Gasteiger partial charge in [0.05, 0.1) is 5.56 Å². The van der Waals surface area contributed by atoms with Gasteiger partial charge in [0.2, 0.25) is 0 Å². The molecule has 1 N–H and O–H groups in total. The van der Waals surface area contributed by atoms with Gasteiger partial charge in [-0.25, -0.2) is 4.79 Å². The molecular weight excluding hydrogens is 386 g/mol. The van der Waals surface area contributed by atoms with Crippen LogP contribution in [0.3, 0.4) is 0 Å². The van der Waals surface area contributed by atoms with Gasteiger partial charge in [-0.2, -0.15) is 0 Å². The van der Waals surface area contributed by atoms with Gasteiger partial charge in [0.1, 0.15) is 11.5 Å². The molecule has 4 nitrogen and oxygen atoms in total. The minimum absolute atomic E-state index is 0.0276. The SMILES string of the molecule is C[C@H]1CN(Cc2cccc(Oc3ccccc3)c2)CCC1(C)c1cccc(C(=O)O)c1. The molecule has 1 heterocycles. The molecule has 0 amide bonds. The number of carbonyl (C=O) groups is 1. The Morgan fingerprint density at radius 1 is 1.03 bits per heavy atom. The zero-order valence-electron chi connectivity index (χ0n) is 18.1. The molecular formula is C27H29NO3. The molecule has 1 aliphatic rings. The molecule has 0 aliphatic carbocycles. The Morgan fingerprint density at radius 2 is 1.77 bits per heavy atom. The minimum atomic E-state index is -0.867. The predicted octanol–water partition coefficient (Wildman–Crippen LogP) is 5.98. The van der Waals surface area contributed by atoms with E-state index in [1.165, 1.54) is 5.56 Å². The molecule has 1 saturated heterocycles. The second-order valence-corrected chi connectivity index (χ2v) is 8.75. The zero-order valence-corrected chi connectivity index (χ0v) is 18.1. The van der Waals surface area contributed by atoms with Gasteiger partial charge in [-0.3, -0.25) is 4.90 Å². The molecule has 3 aromatic rings. The molecule has 1 unspecified atom stereocenters. The summed E-state index contributed by atoms with van der Waals surface area (Å²) in [5.74, 6) is 1.23. The molecule has 0 spiro atoms. The van der Waals surface area contributed by atoms with Crippen molar-refractivity contribution in [3.63, 3.8) is 0 Å². The van der Waals surface area contributed by atoms with Crippen LogP contribution in [0.2, 0.25) is 0 Å². The van der Waals surface area contributed by atoms with Gasteiger partial charge >= 0.3 is 5.97 Å². The lowest BCUT2D eigenvalue weighted by Gasteiger charge is -2.45. The summed E-state index contributed by atoms with van der Waals surface area (Å²) in [7, 11) is 0. The molecule has 160 valence electrons. The van der Waals surface area contributed by atoms with Gasteiger partial charge < -0.3 is 9.84 Å². The van der Waals surface area contributed by atoms with Crippen molar-refractivity contribution in [3.8, 4) is 11.5 Å². The highest BCUT2D eigenvalue weighted by Gasteiger charge is 2.38. The molecule has 0 bridgehead atoms. The summed E-state index contributed by atoms with van der Waals surface area (Å²) in [6.07, 6.45) is 0.997. The van der Waals surface area contributed by atoms with Crippen LogP contribution in [0.15, 0.2) is 78.9 Å². The first-order chi connectivity index (χ1) is 14.9. The third-order valence-corrected chi connectivity index (χ3v) is 6.62. The molecule has 1 fully saturated rings. The number of para-hydroxylation sites is 1. The zero-order chi connectivity index (χ0) is 21.8. The summed E-state index contributed by atoms with van der Waals surface area (Å²) in [5, 5.41) is 9.36. The van der Waals surface area contributed by atoms with Crippen LogP contribution < -0.4 is 4.74 Å². The number of hydrogen-bond donors (Lipinski definition) is 1. The van der Waals surface area contributed by atoms with Crippen molar-refractivity contribution >= 4 is 5.97 Å². The van der Waals surface area contributed by atoms with E-state index < -0.39 is 5.97 Å². The van der Waals surface area contributed by atoms with Gasteiger partial charge in [-0.1, -0.05) is 56.3 Å². The summed E-state index contributed by atoms with van der Waals surface area (Å²) < 4.78 is 5.98. The lowest BCUT2D eigenvalue weighted by Crippen LogP contribution is -2.47. The van der Waals surface area contributed by atoms with Gasteiger partial charge in [0, 0.05) is 13.1 Å². The first-order valence-corrected chi connectivity index (χ1v) is 10.8. The molecule has 4 heteroatoms. The van der Waals surface area contributed by atoms with Crippen LogP contribution in [-0.4, -0.2) is 29.1 Å². The molecule has 3 aromatic carbocycles. The smallest absolute Gasteiger partial charge is 0.335 e. The fourth-order valence-corrected chi connectivity index (χ4v) is 4.49. The maximum Gasteiger partial charge on any atom is 0.335 e. The van der Waals surface area contributed by atoms with Crippen molar-refractivity contribution in [1.29, 1.82) is 0 Å². The number of hydrogen-bond acceptors (Lipinski definition) is 3. The third-order valence-electron chi connectivity index (χ3n) is 6.62. The van der Waals surface area contributed by atoms with Crippen molar-refractivity contribution in [3.05, 3.63) is 95.6 Å². The number of piperidine rings is 1. The molecule has 0 aromatic heterocycles. The minimum Gasteiger partial charge on any atom is -0.478 e. The van der Waals surface area contributed by atoms with Gasteiger partial charge in [0.25, 0.3) is 0 Å². The molecule has 4 rings (SSSR count). The number of carboxylic acid groups (broad SMARTS) is 1. The van der Waals surface area contributed by atoms with Crippen molar-refractivity contribution in [2.45, 2.75) is 32.2 Å². The topological polar surface area (TPSA) is 49.8 Å². The second-order valence-electron chi connectivity index (χ2n) is 8.75. The van der Waals surface area contributed by atoms with Crippen molar-refractivity contribution in [2.75, 3.05) is 13.1 Å². The van der Waals surface area contributed by atoms with Crippen LogP contribution in [0.1, 0.15) is 41.8 Å². The Kier molecular flexibility index (Phi) is 6.10. The highest BCUT2D eigenvalue weighted by atomic mass is 16.5. The molecule has 1 aliphatic heterocycles. The van der Waals surface area contributed by atoms with Crippen LogP contribution in [0, 0.1) is 5.92 Å². The molecule has 31 heavy (non-hydrogen) atoms. The van der Waals surface area contributed by atoms with Gasteiger partial charge in [0.15, 0.2) is 0 Å². The Morgan fingerprint density at radius 3 is 2.52 bits per heavy atom. The number of rotatable bonds is 6. The maximum absolute atomic E-state index is 11.4. The van der Waals surface area contributed by atoms with Crippen LogP contribution >= 0.6 is 0 Å². The maximum atomic E-state index is 11.4. The average molecular weight is 416 g/mol. The predicted molar refractivity (Wildman–Crippen MR) is 123 cm³/mol. The summed E-state index contributed by atoms with van der Waals surface area (Å²) in [6, 6.07) is 25.6. The third kappa shape index (κ3) is 4.80. The van der Waals surface area contributed by atoms with Gasteiger partial charge in [-0.05, 0) is 71.8 Å². The largest absolute Gasteiger partial charge is 0.478 e. The molecule has 2 atom stereocenters. The average Bonchev–Trinajstić information content (AvgIpc) is 2.77. The Labute approximate surface area is 184 Å². The standard InChI is InChI=1S/C27H29NO3/c1-20-18-28(15-14-27(20,2)23-10-7-9-22(17-23)26(29)30)19-21-8-6-13-25(16-21)31-24-11-4-3-5-12-24/h3-13,16-17,20H,14-15,18-19H2,1-2H3,(H,29,30)/t20-,27?/m0/s1. The van der Waals surface area contributed by atoms with Crippen LogP contribution in [0.25, 0.3) is 0 Å². The quantitative estimate of drug-likeness (QED) is 0.538. The Balaban J connectivity index is 1.43. The number of aromatic carboxylic acids is 1. The van der Waals surface area contributed by atoms with Crippen molar-refractivity contribution < 1.29 is 14.6 Å². The molecule has 0 saturated carbocycles. The van der Waals surface area contributed by atoms with Gasteiger partial charge in [-0.15, -0.1) is 0 Å². The fraction of sp³-hybridized carbons (Fsp3) is 0.296. The number of ether oxygens (including phenoxy) is 1. The summed E-state index contributed by atoms with van der Waals surface area (Å²) in [6.45, 7) is 7.36. The number of likely N-dealkylation sites (tertiary alicyclic amines) is 1. The normalized spacial score (nSPS) is 21.5. The fourth-order valence-electron chi connectivity index (χ4n) is 4.49. The van der Waals surface area contributed by atoms with E-state index in [4.69, 9.17) is 4.74 Å². The highest BCUT2D eigenvalue weighted by Crippen LogP contribution is 2.40. The van der Waals surface area contributed by atoms with E-state index in [1.54, 1.807) is 6.07 Å². The summed E-state index contributed by atoms with van der Waals surface area (Å²) in [4.78, 5) is 13.9. The monoisotopic (exact) mass is 415 g/mol. The lowest BCUT2D eigenvalue weighted by atomic mass is 9.68. The number of benzene rings is 3. The first-order valence-electron chi connectivity index (χ1n) is 10.8. The Bertz CT molecular complexity index is 1050. The number of nitrogens with zero attached hydrogens (tertiary/aromatic N) is 1. The second kappa shape index (κ2) is 8.94. The van der Waals surface area contributed by atoms with Crippen LogP contribution in [-0.2, 0) is 12.0 Å². The van der Waals surface area contributed by atoms with E-state index in [1.807, 2.05) is 54.6 Å². The number of carboxylic acids is 1. The Hall–Kier alpha value is -3.11. The van der Waals surface area contributed by atoms with Crippen molar-refractivity contribution in [1.82, 2.24) is 4.90 Å². The van der Waals surface area contributed by atoms with Crippen LogP contribution in [0.5, 0.6) is 11.5 Å². The van der Waals surface area contributed by atoms with E-state index >= 15 is 0 Å². The van der Waals surface area contributed by atoms with E-state index in [-0.39, 0.29) is 5.41 Å². The first kappa shape index (κ1) is 21.1. The van der Waals surface area contributed by atoms with E-state index in [0.29, 0.717) is 11.5 Å². The summed E-state index contributed by atoms with van der Waals surface area (Å²) >= 11 is 0. The highest BCUT2D eigenvalue weighted by molar-refractivity contribution is 5.87. The lowest BCUT2D eigenvalue weighted by molar-refractivity contribution is 0.0696. The van der Waals surface area contributed by atoms with E-state index in [0.717, 1.165) is 43.1 Å². The van der Waals surface area contributed by atoms with Crippen LogP contribution in [0.4, 0.5) is 0 Å².